The van der Waals surface area contributed by atoms with Crippen molar-refractivity contribution in [3.05, 3.63) is 78.6 Å². The highest BCUT2D eigenvalue weighted by Gasteiger charge is 2.16. The second-order valence-corrected chi connectivity index (χ2v) is 7.86. The molecule has 5 aromatic rings. The van der Waals surface area contributed by atoms with Gasteiger partial charge in [-0.15, -0.1) is 0 Å². The van der Waals surface area contributed by atoms with Gasteiger partial charge in [-0.25, -0.2) is 15.0 Å². The lowest BCUT2D eigenvalue weighted by Crippen LogP contribution is -2.28. The summed E-state index contributed by atoms with van der Waals surface area (Å²) in [6.07, 6.45) is 1.58. The summed E-state index contributed by atoms with van der Waals surface area (Å²) in [4.78, 5) is 17.2. The van der Waals surface area contributed by atoms with Crippen LogP contribution >= 0.6 is 0 Å². The number of nitrogens with two attached hydrogens (primary N) is 1. The van der Waals surface area contributed by atoms with Crippen molar-refractivity contribution in [2.24, 2.45) is 5.73 Å². The van der Waals surface area contributed by atoms with Gasteiger partial charge in [0.25, 0.3) is 0 Å². The zero-order valence-electron chi connectivity index (χ0n) is 16.3. The van der Waals surface area contributed by atoms with Crippen LogP contribution in [0.5, 0.6) is 0 Å². The van der Waals surface area contributed by atoms with E-state index < -0.39 is 0 Å². The first kappa shape index (κ1) is 17.5. The highest BCUT2D eigenvalue weighted by Crippen LogP contribution is 2.32. The summed E-state index contributed by atoms with van der Waals surface area (Å²) < 4.78 is 0. The number of imidazole rings is 1. The second-order valence-electron chi connectivity index (χ2n) is 7.86. The lowest BCUT2D eigenvalue weighted by atomic mass is 9.93. The predicted octanol–water partition coefficient (Wildman–Crippen LogP) is 5.03. The molecule has 0 radical (unpaired) electrons. The number of H-pyrrole nitrogens is 1. The summed E-state index contributed by atoms with van der Waals surface area (Å²) >= 11 is 0. The van der Waals surface area contributed by atoms with Crippen LogP contribution in [0, 0.1) is 0 Å². The van der Waals surface area contributed by atoms with Gasteiger partial charge >= 0.3 is 0 Å². The van der Waals surface area contributed by atoms with E-state index in [0.717, 1.165) is 50.1 Å². The van der Waals surface area contributed by atoms with Crippen molar-refractivity contribution in [3.8, 4) is 22.5 Å². The third-order valence-corrected chi connectivity index (χ3v) is 5.18. The molecule has 0 saturated heterocycles. The molecule has 0 aliphatic heterocycles. The largest absolute Gasteiger partial charge is 0.351 e. The highest BCUT2D eigenvalue weighted by atomic mass is 14.9. The predicted molar refractivity (Wildman–Crippen MR) is 117 cm³/mol. The zero-order chi connectivity index (χ0) is 20.0. The molecule has 3 aromatic carbocycles. The van der Waals surface area contributed by atoms with E-state index in [2.05, 4.69) is 51.4 Å². The number of aromatic nitrogens is 4. The molecule has 0 amide bonds. The number of fused-ring (bicyclic) bond motifs is 2. The third-order valence-electron chi connectivity index (χ3n) is 5.18. The fourth-order valence-corrected chi connectivity index (χ4v) is 3.57. The number of nitrogens with one attached hydrogen (secondary N) is 1. The SMILES string of the molecule is CC(C)(N)c1ccc(-c2[nH]c3cc4ncnc4cc3nc2-c2ccccc2)cc1. The summed E-state index contributed by atoms with van der Waals surface area (Å²) in [6.45, 7) is 4.01. The first-order chi connectivity index (χ1) is 14.0. The van der Waals surface area contributed by atoms with Crippen molar-refractivity contribution >= 4 is 22.1 Å². The molecule has 0 unspecified atom stereocenters. The Labute approximate surface area is 168 Å². The molecule has 5 heteroatoms. The lowest BCUT2D eigenvalue weighted by Gasteiger charge is -2.19. The summed E-state index contributed by atoms with van der Waals surface area (Å²) in [5.74, 6) is 0. The number of aromatic amines is 1. The normalized spacial score (nSPS) is 12.0. The van der Waals surface area contributed by atoms with Crippen LogP contribution in [0.4, 0.5) is 0 Å². The zero-order valence-corrected chi connectivity index (χ0v) is 16.3. The summed E-state index contributed by atoms with van der Waals surface area (Å²) in [7, 11) is 0. The molecule has 0 aliphatic rings. The van der Waals surface area contributed by atoms with Gasteiger partial charge in [-0.2, -0.15) is 0 Å². The van der Waals surface area contributed by atoms with Gasteiger partial charge in [0, 0.05) is 16.7 Å². The van der Waals surface area contributed by atoms with Gasteiger partial charge in [0.2, 0.25) is 0 Å². The average molecular weight is 379 g/mol. The van der Waals surface area contributed by atoms with Crippen molar-refractivity contribution in [1.82, 2.24) is 19.9 Å². The Morgan fingerprint density at radius 2 is 1.48 bits per heavy atom. The van der Waals surface area contributed by atoms with E-state index in [9.17, 15) is 0 Å². The molecule has 3 N–H and O–H groups in total. The van der Waals surface area contributed by atoms with E-state index in [1.54, 1.807) is 6.33 Å². The Kier molecular flexibility index (Phi) is 3.93. The van der Waals surface area contributed by atoms with Gasteiger partial charge in [0.15, 0.2) is 0 Å². The van der Waals surface area contributed by atoms with E-state index >= 15 is 0 Å². The van der Waals surface area contributed by atoms with Crippen molar-refractivity contribution in [2.45, 2.75) is 19.4 Å². The number of rotatable bonds is 3. The number of nitrogens with zero attached hydrogens (tertiary/aromatic N) is 3. The Balaban J connectivity index is 1.76. The van der Waals surface area contributed by atoms with Gasteiger partial charge in [0.1, 0.15) is 6.33 Å². The Hall–Kier alpha value is -3.57. The number of hydrogen-bond acceptors (Lipinski definition) is 4. The van der Waals surface area contributed by atoms with Crippen LogP contribution in [-0.2, 0) is 5.54 Å². The molecule has 2 aromatic heterocycles. The van der Waals surface area contributed by atoms with Crippen LogP contribution < -0.4 is 5.73 Å². The van der Waals surface area contributed by atoms with Gasteiger partial charge in [-0.1, -0.05) is 54.6 Å². The van der Waals surface area contributed by atoms with Gasteiger partial charge < -0.3 is 10.7 Å². The van der Waals surface area contributed by atoms with Crippen LogP contribution in [0.3, 0.4) is 0 Å². The molecule has 2 heterocycles. The van der Waals surface area contributed by atoms with Gasteiger partial charge in [-0.3, -0.25) is 0 Å². The smallest absolute Gasteiger partial charge is 0.116 e. The minimum Gasteiger partial charge on any atom is -0.351 e. The Morgan fingerprint density at radius 3 is 2.17 bits per heavy atom. The highest BCUT2D eigenvalue weighted by molar-refractivity contribution is 5.94. The van der Waals surface area contributed by atoms with Crippen LogP contribution in [0.15, 0.2) is 73.1 Å². The standard InChI is InChI=1S/C24H21N5/c1-24(2,25)17-10-8-16(9-11-17)23-22(15-6-4-3-5-7-15)28-20-12-18-19(27-14-26-18)13-21(20)29-23/h3-14,29H,25H2,1-2H3. The minimum absolute atomic E-state index is 0.381. The minimum atomic E-state index is -0.381. The maximum absolute atomic E-state index is 6.25. The molecule has 0 bridgehead atoms. The van der Waals surface area contributed by atoms with Gasteiger partial charge in [-0.05, 0) is 31.5 Å². The molecule has 0 atom stereocenters. The fraction of sp³-hybridized carbons (Fsp3) is 0.125. The van der Waals surface area contributed by atoms with Gasteiger partial charge in [0.05, 0.1) is 33.5 Å². The monoisotopic (exact) mass is 379 g/mol. The van der Waals surface area contributed by atoms with Crippen molar-refractivity contribution in [3.63, 3.8) is 0 Å². The first-order valence-electron chi connectivity index (χ1n) is 9.59. The van der Waals surface area contributed by atoms with Crippen LogP contribution in [0.2, 0.25) is 0 Å². The van der Waals surface area contributed by atoms with E-state index in [4.69, 9.17) is 10.7 Å². The molecule has 5 nitrogen and oxygen atoms in total. The maximum Gasteiger partial charge on any atom is 0.116 e. The van der Waals surface area contributed by atoms with Crippen molar-refractivity contribution in [2.75, 3.05) is 0 Å². The van der Waals surface area contributed by atoms with Crippen LogP contribution in [-0.4, -0.2) is 19.9 Å². The maximum atomic E-state index is 6.25. The lowest BCUT2D eigenvalue weighted by molar-refractivity contribution is 0.554. The molecule has 0 fully saturated rings. The average Bonchev–Trinajstić information content (AvgIpc) is 3.18. The number of hydrogen-bond donors (Lipinski definition) is 2. The van der Waals surface area contributed by atoms with E-state index in [1.165, 1.54) is 0 Å². The molecule has 142 valence electrons. The second kappa shape index (κ2) is 6.50. The summed E-state index contributed by atoms with van der Waals surface area (Å²) in [5, 5.41) is 0. The fourth-order valence-electron chi connectivity index (χ4n) is 3.57. The first-order valence-corrected chi connectivity index (χ1v) is 9.59. The Bertz CT molecular complexity index is 1310. The summed E-state index contributed by atoms with van der Waals surface area (Å²) in [5.41, 5.74) is 14.4. The van der Waals surface area contributed by atoms with E-state index in [1.807, 2.05) is 44.2 Å². The van der Waals surface area contributed by atoms with Crippen molar-refractivity contribution in [1.29, 1.82) is 0 Å². The quantitative estimate of drug-likeness (QED) is 0.460. The van der Waals surface area contributed by atoms with Crippen LogP contribution in [0.1, 0.15) is 19.4 Å². The summed E-state index contributed by atoms with van der Waals surface area (Å²) in [6, 6.07) is 22.5. The molecular weight excluding hydrogens is 358 g/mol. The molecule has 29 heavy (non-hydrogen) atoms. The molecule has 0 aliphatic carbocycles. The van der Waals surface area contributed by atoms with Crippen molar-refractivity contribution < 1.29 is 0 Å². The molecule has 5 rings (SSSR count). The van der Waals surface area contributed by atoms with Crippen LogP contribution in [0.25, 0.3) is 44.6 Å². The molecule has 0 spiro atoms. The van der Waals surface area contributed by atoms with E-state index in [-0.39, 0.29) is 5.54 Å². The topological polar surface area (TPSA) is 80.5 Å². The molecule has 0 saturated carbocycles. The number of benzene rings is 3. The third kappa shape index (κ3) is 3.15. The van der Waals surface area contributed by atoms with E-state index in [0.29, 0.717) is 0 Å². The molecular formula is C24H21N5. The Morgan fingerprint density at radius 1 is 0.793 bits per heavy atom.